The topological polar surface area (TPSA) is 48.1 Å². The minimum atomic E-state index is 0.121. The van der Waals surface area contributed by atoms with Crippen LogP contribution in [0.25, 0.3) is 0 Å². The zero-order valence-corrected chi connectivity index (χ0v) is 12.4. The number of hydrogen-bond acceptors (Lipinski definition) is 3. The largest absolute Gasteiger partial charge is 0.489 e. The lowest BCUT2D eigenvalue weighted by atomic mass is 9.87. The predicted octanol–water partition coefficient (Wildman–Crippen LogP) is 3.42. The summed E-state index contributed by atoms with van der Waals surface area (Å²) in [5.74, 6) is 0.879. The first-order chi connectivity index (χ1) is 9.50. The van der Waals surface area contributed by atoms with Crippen LogP contribution in [0.5, 0.6) is 5.75 Å². The van der Waals surface area contributed by atoms with Crippen LogP contribution in [0.3, 0.4) is 0 Å². The van der Waals surface area contributed by atoms with Crippen LogP contribution in [0, 0.1) is 0 Å². The minimum Gasteiger partial charge on any atom is -0.489 e. The average Bonchev–Trinajstić information content (AvgIpc) is 2.45. The Morgan fingerprint density at radius 1 is 1.15 bits per heavy atom. The summed E-state index contributed by atoms with van der Waals surface area (Å²) in [4.78, 5) is 4.26. The first-order valence-electron chi connectivity index (χ1n) is 6.87. The van der Waals surface area contributed by atoms with Crippen LogP contribution in [0.1, 0.15) is 37.6 Å². The van der Waals surface area contributed by atoms with E-state index in [1.807, 2.05) is 24.3 Å². The quantitative estimate of drug-likeness (QED) is 0.926. The van der Waals surface area contributed by atoms with Crippen LogP contribution in [0.15, 0.2) is 42.6 Å². The van der Waals surface area contributed by atoms with Gasteiger partial charge < -0.3 is 10.5 Å². The molecule has 0 atom stereocenters. The molecule has 0 aliphatic heterocycles. The van der Waals surface area contributed by atoms with Crippen molar-refractivity contribution in [1.82, 2.24) is 4.98 Å². The number of ether oxygens (including phenoxy) is 1. The Morgan fingerprint density at radius 2 is 1.95 bits per heavy atom. The van der Waals surface area contributed by atoms with Crippen LogP contribution in [0.2, 0.25) is 0 Å². The minimum absolute atomic E-state index is 0.121. The maximum Gasteiger partial charge on any atom is 0.120 e. The van der Waals surface area contributed by atoms with Crippen molar-refractivity contribution in [2.24, 2.45) is 5.73 Å². The molecule has 0 bridgehead atoms. The van der Waals surface area contributed by atoms with Crippen molar-refractivity contribution < 1.29 is 4.74 Å². The second kappa shape index (κ2) is 6.06. The van der Waals surface area contributed by atoms with E-state index in [4.69, 9.17) is 10.5 Å². The molecule has 0 fully saturated rings. The molecule has 1 aromatic heterocycles. The Morgan fingerprint density at radius 3 is 2.65 bits per heavy atom. The van der Waals surface area contributed by atoms with Crippen molar-refractivity contribution in [2.45, 2.75) is 39.3 Å². The first-order valence-corrected chi connectivity index (χ1v) is 6.87. The van der Waals surface area contributed by atoms with E-state index in [1.54, 1.807) is 6.20 Å². The molecule has 106 valence electrons. The Hall–Kier alpha value is -1.87. The third-order valence-electron chi connectivity index (χ3n) is 3.27. The van der Waals surface area contributed by atoms with Crippen molar-refractivity contribution in [3.63, 3.8) is 0 Å². The highest BCUT2D eigenvalue weighted by molar-refractivity contribution is 5.33. The van der Waals surface area contributed by atoms with Gasteiger partial charge in [0.05, 0.1) is 5.69 Å². The Bertz CT molecular complexity index is 573. The SMILES string of the molecule is CC(C)(C)c1cccc(OCc2cccnc2CN)c1. The van der Waals surface area contributed by atoms with Gasteiger partial charge in [0.1, 0.15) is 12.4 Å². The standard InChI is InChI=1S/C17H22N2O/c1-17(2,3)14-7-4-8-15(10-14)20-12-13-6-5-9-19-16(13)11-18/h4-10H,11-12,18H2,1-3H3. The molecule has 0 aliphatic rings. The molecule has 2 aromatic rings. The van der Waals surface area contributed by atoms with Gasteiger partial charge in [-0.15, -0.1) is 0 Å². The number of aromatic nitrogens is 1. The van der Waals surface area contributed by atoms with Crippen LogP contribution in [0.4, 0.5) is 0 Å². The maximum atomic E-state index is 5.87. The Balaban J connectivity index is 2.11. The molecule has 0 aliphatic carbocycles. The molecule has 3 heteroatoms. The highest BCUT2D eigenvalue weighted by atomic mass is 16.5. The zero-order chi connectivity index (χ0) is 14.6. The molecule has 0 radical (unpaired) electrons. The molecule has 2 N–H and O–H groups in total. The molecular weight excluding hydrogens is 248 g/mol. The van der Waals surface area contributed by atoms with Gasteiger partial charge in [0.15, 0.2) is 0 Å². The van der Waals surface area contributed by atoms with Gasteiger partial charge in [-0.2, -0.15) is 0 Å². The van der Waals surface area contributed by atoms with Crippen molar-refractivity contribution in [2.75, 3.05) is 0 Å². The molecule has 0 amide bonds. The van der Waals surface area contributed by atoms with Gasteiger partial charge >= 0.3 is 0 Å². The number of pyridine rings is 1. The van der Waals surface area contributed by atoms with E-state index in [9.17, 15) is 0 Å². The van der Waals surface area contributed by atoms with E-state index < -0.39 is 0 Å². The number of rotatable bonds is 4. The molecule has 1 heterocycles. The summed E-state index contributed by atoms with van der Waals surface area (Å²) in [6, 6.07) is 12.1. The summed E-state index contributed by atoms with van der Waals surface area (Å²) in [6.45, 7) is 7.51. The van der Waals surface area contributed by atoms with E-state index >= 15 is 0 Å². The summed E-state index contributed by atoms with van der Waals surface area (Å²) >= 11 is 0. The Labute approximate surface area is 120 Å². The highest BCUT2D eigenvalue weighted by Crippen LogP contribution is 2.26. The second-order valence-electron chi connectivity index (χ2n) is 5.88. The van der Waals surface area contributed by atoms with E-state index in [0.29, 0.717) is 13.2 Å². The molecular formula is C17H22N2O. The average molecular weight is 270 g/mol. The third-order valence-corrected chi connectivity index (χ3v) is 3.27. The summed E-state index contributed by atoms with van der Waals surface area (Å²) < 4.78 is 5.87. The molecule has 2 rings (SSSR count). The maximum absolute atomic E-state index is 5.87. The van der Waals surface area contributed by atoms with E-state index in [-0.39, 0.29) is 5.41 Å². The fraction of sp³-hybridized carbons (Fsp3) is 0.353. The van der Waals surface area contributed by atoms with Crippen LogP contribution < -0.4 is 10.5 Å². The fourth-order valence-electron chi connectivity index (χ4n) is 2.00. The van der Waals surface area contributed by atoms with Crippen molar-refractivity contribution in [3.05, 3.63) is 59.4 Å². The molecule has 0 saturated carbocycles. The van der Waals surface area contributed by atoms with Gasteiger partial charge in [0.25, 0.3) is 0 Å². The number of nitrogens with zero attached hydrogens (tertiary/aromatic N) is 1. The van der Waals surface area contributed by atoms with Crippen LogP contribution in [-0.2, 0) is 18.6 Å². The van der Waals surface area contributed by atoms with Gasteiger partial charge in [0.2, 0.25) is 0 Å². The van der Waals surface area contributed by atoms with Crippen molar-refractivity contribution in [3.8, 4) is 5.75 Å². The lowest BCUT2D eigenvalue weighted by Gasteiger charge is -2.20. The van der Waals surface area contributed by atoms with Gasteiger partial charge in [-0.25, -0.2) is 0 Å². The smallest absolute Gasteiger partial charge is 0.120 e. The third kappa shape index (κ3) is 3.58. The van der Waals surface area contributed by atoms with Gasteiger partial charge in [-0.1, -0.05) is 39.0 Å². The molecule has 20 heavy (non-hydrogen) atoms. The zero-order valence-electron chi connectivity index (χ0n) is 12.4. The van der Waals surface area contributed by atoms with Gasteiger partial charge in [0, 0.05) is 18.3 Å². The number of benzene rings is 1. The fourth-order valence-corrected chi connectivity index (χ4v) is 2.00. The van der Waals surface area contributed by atoms with E-state index in [0.717, 1.165) is 17.0 Å². The summed E-state index contributed by atoms with van der Waals surface area (Å²) in [6.07, 6.45) is 1.76. The molecule has 1 aromatic carbocycles. The molecule has 0 unspecified atom stereocenters. The molecule has 0 saturated heterocycles. The van der Waals surface area contributed by atoms with E-state index in [1.165, 1.54) is 5.56 Å². The predicted molar refractivity (Wildman–Crippen MR) is 81.6 cm³/mol. The molecule has 3 nitrogen and oxygen atoms in total. The van der Waals surface area contributed by atoms with Gasteiger partial charge in [-0.05, 0) is 29.2 Å². The molecule has 0 spiro atoms. The van der Waals surface area contributed by atoms with E-state index in [2.05, 4.69) is 37.9 Å². The normalized spacial score (nSPS) is 11.4. The van der Waals surface area contributed by atoms with Crippen LogP contribution >= 0.6 is 0 Å². The first kappa shape index (κ1) is 14.5. The second-order valence-corrected chi connectivity index (χ2v) is 5.88. The number of hydrogen-bond donors (Lipinski definition) is 1. The lowest BCUT2D eigenvalue weighted by molar-refractivity contribution is 0.303. The van der Waals surface area contributed by atoms with Crippen molar-refractivity contribution in [1.29, 1.82) is 0 Å². The lowest BCUT2D eigenvalue weighted by Crippen LogP contribution is -2.11. The van der Waals surface area contributed by atoms with Crippen molar-refractivity contribution >= 4 is 0 Å². The summed E-state index contributed by atoms with van der Waals surface area (Å²) in [5.41, 5.74) is 8.99. The highest BCUT2D eigenvalue weighted by Gasteiger charge is 2.14. The summed E-state index contributed by atoms with van der Waals surface area (Å²) in [5, 5.41) is 0. The monoisotopic (exact) mass is 270 g/mol. The van der Waals surface area contributed by atoms with Crippen LogP contribution in [-0.4, -0.2) is 4.98 Å². The summed E-state index contributed by atoms with van der Waals surface area (Å²) in [7, 11) is 0. The Kier molecular flexibility index (Phi) is 4.40. The van der Waals surface area contributed by atoms with Gasteiger partial charge in [-0.3, -0.25) is 4.98 Å². The number of nitrogens with two attached hydrogens (primary N) is 1.